The summed E-state index contributed by atoms with van der Waals surface area (Å²) < 4.78 is 10.1. The maximum absolute atomic E-state index is 11.5. The maximum Gasteiger partial charge on any atom is 0.306 e. The Labute approximate surface area is 130 Å². The molecule has 0 spiro atoms. The number of carbonyl (C=O) groups excluding carboxylic acids is 1. The molecule has 6 heteroatoms. The lowest BCUT2D eigenvalue weighted by atomic mass is 10.0. The average molecular weight is 309 g/mol. The fraction of sp³-hybridized carbons (Fsp3) is 0.562. The summed E-state index contributed by atoms with van der Waals surface area (Å²) in [7, 11) is 1.55. The van der Waals surface area contributed by atoms with Gasteiger partial charge in [0.05, 0.1) is 20.1 Å². The number of carbonyl (C=O) groups is 1. The first-order valence-corrected chi connectivity index (χ1v) is 7.48. The van der Waals surface area contributed by atoms with Crippen molar-refractivity contribution in [2.24, 2.45) is 0 Å². The third-order valence-electron chi connectivity index (χ3n) is 3.35. The van der Waals surface area contributed by atoms with Gasteiger partial charge in [-0.15, -0.1) is 0 Å². The molecule has 22 heavy (non-hydrogen) atoms. The van der Waals surface area contributed by atoms with E-state index in [2.05, 4.69) is 0 Å². The van der Waals surface area contributed by atoms with E-state index in [-0.39, 0.29) is 30.2 Å². The van der Waals surface area contributed by atoms with Gasteiger partial charge in [-0.3, -0.25) is 14.9 Å². The zero-order chi connectivity index (χ0) is 16.4. The Morgan fingerprint density at radius 1 is 1.41 bits per heavy atom. The lowest BCUT2D eigenvalue weighted by Gasteiger charge is -2.10. The largest absolute Gasteiger partial charge is 0.497 e. The summed E-state index contributed by atoms with van der Waals surface area (Å²) in [6.07, 6.45) is 2.27. The van der Waals surface area contributed by atoms with E-state index in [1.807, 2.05) is 13.0 Å². The van der Waals surface area contributed by atoms with Crippen LogP contribution in [0.4, 0.5) is 0 Å². The van der Waals surface area contributed by atoms with Crippen molar-refractivity contribution in [2.45, 2.75) is 45.1 Å². The third-order valence-corrected chi connectivity index (χ3v) is 3.35. The van der Waals surface area contributed by atoms with Gasteiger partial charge in [-0.25, -0.2) is 0 Å². The highest BCUT2D eigenvalue weighted by Crippen LogP contribution is 2.16. The molecule has 1 aromatic carbocycles. The van der Waals surface area contributed by atoms with E-state index in [4.69, 9.17) is 9.47 Å². The van der Waals surface area contributed by atoms with Crippen molar-refractivity contribution in [2.75, 3.05) is 13.7 Å². The van der Waals surface area contributed by atoms with Gasteiger partial charge >= 0.3 is 5.97 Å². The highest BCUT2D eigenvalue weighted by Gasteiger charge is 2.22. The van der Waals surface area contributed by atoms with Crippen LogP contribution in [0.25, 0.3) is 0 Å². The van der Waals surface area contributed by atoms with Crippen molar-refractivity contribution in [3.8, 4) is 5.75 Å². The van der Waals surface area contributed by atoms with Gasteiger partial charge < -0.3 is 9.47 Å². The summed E-state index contributed by atoms with van der Waals surface area (Å²) >= 11 is 0. The molecule has 1 aromatic rings. The van der Waals surface area contributed by atoms with Crippen molar-refractivity contribution < 1.29 is 19.2 Å². The Balaban J connectivity index is 2.51. The molecular weight excluding hydrogens is 286 g/mol. The Morgan fingerprint density at radius 2 is 2.18 bits per heavy atom. The monoisotopic (exact) mass is 309 g/mol. The fourth-order valence-electron chi connectivity index (χ4n) is 2.04. The summed E-state index contributed by atoms with van der Waals surface area (Å²) in [6, 6.07) is 6.38. The van der Waals surface area contributed by atoms with Crippen LogP contribution in [0.2, 0.25) is 0 Å². The number of methoxy groups -OCH3 is 1. The van der Waals surface area contributed by atoms with Gasteiger partial charge in [0.1, 0.15) is 5.75 Å². The number of benzene rings is 1. The first-order chi connectivity index (χ1) is 10.6. The molecule has 0 saturated heterocycles. The number of rotatable bonds is 10. The number of esters is 1. The number of unbranched alkanes of at least 4 members (excludes halogenated alkanes) is 1. The van der Waals surface area contributed by atoms with E-state index in [9.17, 15) is 14.9 Å². The van der Waals surface area contributed by atoms with E-state index in [1.54, 1.807) is 25.3 Å². The lowest BCUT2D eigenvalue weighted by molar-refractivity contribution is -0.522. The smallest absolute Gasteiger partial charge is 0.306 e. The minimum absolute atomic E-state index is 0.0688. The summed E-state index contributed by atoms with van der Waals surface area (Å²) in [5.41, 5.74) is 0.820. The molecule has 0 bridgehead atoms. The molecule has 6 nitrogen and oxygen atoms in total. The second kappa shape index (κ2) is 9.76. The number of hydrogen-bond acceptors (Lipinski definition) is 5. The van der Waals surface area contributed by atoms with Crippen LogP contribution in [0.15, 0.2) is 24.3 Å². The molecule has 1 atom stereocenters. The zero-order valence-corrected chi connectivity index (χ0v) is 13.1. The molecule has 0 aliphatic heterocycles. The predicted molar refractivity (Wildman–Crippen MR) is 82.6 cm³/mol. The minimum atomic E-state index is -0.800. The molecule has 0 fully saturated rings. The average Bonchev–Trinajstić information content (AvgIpc) is 2.51. The molecule has 0 aliphatic carbocycles. The van der Waals surface area contributed by atoms with Crippen molar-refractivity contribution >= 4 is 5.97 Å². The van der Waals surface area contributed by atoms with Gasteiger partial charge in [0, 0.05) is 17.8 Å². The molecule has 1 unspecified atom stereocenters. The molecule has 122 valence electrons. The van der Waals surface area contributed by atoms with Crippen LogP contribution in [0.3, 0.4) is 0 Å². The predicted octanol–water partition coefficient (Wildman–Crippen LogP) is 3.01. The number of nitrogens with zero attached hydrogens (tertiary/aromatic N) is 1. The summed E-state index contributed by atoms with van der Waals surface area (Å²) in [6.45, 7) is 2.39. The van der Waals surface area contributed by atoms with Gasteiger partial charge in [0.2, 0.25) is 6.04 Å². The van der Waals surface area contributed by atoms with Crippen LogP contribution in [0, 0.1) is 10.1 Å². The molecule has 0 aliphatic rings. The minimum Gasteiger partial charge on any atom is -0.497 e. The first-order valence-electron chi connectivity index (χ1n) is 7.48. The van der Waals surface area contributed by atoms with Gasteiger partial charge in [-0.1, -0.05) is 25.5 Å². The Morgan fingerprint density at radius 3 is 2.82 bits per heavy atom. The summed E-state index contributed by atoms with van der Waals surface area (Å²) in [5, 5.41) is 11.2. The van der Waals surface area contributed by atoms with Crippen molar-refractivity contribution in [1.82, 2.24) is 0 Å². The van der Waals surface area contributed by atoms with E-state index < -0.39 is 6.04 Å². The molecule has 1 rings (SSSR count). The summed E-state index contributed by atoms with van der Waals surface area (Å²) in [4.78, 5) is 22.4. The molecular formula is C16H23NO5. The highest BCUT2D eigenvalue weighted by atomic mass is 16.6. The molecule has 0 aromatic heterocycles. The van der Waals surface area contributed by atoms with E-state index >= 15 is 0 Å². The third kappa shape index (κ3) is 6.56. The van der Waals surface area contributed by atoms with Gasteiger partial charge in [0.15, 0.2) is 0 Å². The normalized spacial score (nSPS) is 11.7. The molecule has 0 amide bonds. The Bertz CT molecular complexity index is 489. The van der Waals surface area contributed by atoms with Crippen molar-refractivity contribution in [3.63, 3.8) is 0 Å². The van der Waals surface area contributed by atoms with Crippen LogP contribution < -0.4 is 4.74 Å². The second-order valence-electron chi connectivity index (χ2n) is 5.11. The quantitative estimate of drug-likeness (QED) is 0.287. The standard InChI is InChI=1S/C16H23NO5/c1-3-4-10-22-16(18)9-8-14(17(19)20)11-13-6-5-7-15(12-13)21-2/h5-7,12,14H,3-4,8-11H2,1-2H3. The fourth-order valence-corrected chi connectivity index (χ4v) is 2.04. The number of ether oxygens (including phenoxy) is 2. The Hall–Kier alpha value is -2.11. The van der Waals surface area contributed by atoms with Crippen LogP contribution in [-0.2, 0) is 16.0 Å². The molecule has 0 heterocycles. The van der Waals surface area contributed by atoms with Crippen LogP contribution in [0.5, 0.6) is 5.75 Å². The summed E-state index contributed by atoms with van der Waals surface area (Å²) in [5.74, 6) is 0.296. The molecule has 0 radical (unpaired) electrons. The first kappa shape index (κ1) is 17.9. The zero-order valence-electron chi connectivity index (χ0n) is 13.1. The van der Waals surface area contributed by atoms with Crippen LogP contribution in [0.1, 0.15) is 38.2 Å². The number of hydrogen-bond donors (Lipinski definition) is 0. The van der Waals surface area contributed by atoms with E-state index in [1.165, 1.54) is 0 Å². The number of nitro groups is 1. The van der Waals surface area contributed by atoms with Crippen LogP contribution in [-0.4, -0.2) is 30.7 Å². The lowest BCUT2D eigenvalue weighted by Crippen LogP contribution is -2.23. The van der Waals surface area contributed by atoms with Gasteiger partial charge in [-0.2, -0.15) is 0 Å². The van der Waals surface area contributed by atoms with Crippen molar-refractivity contribution in [1.29, 1.82) is 0 Å². The van der Waals surface area contributed by atoms with E-state index in [0.717, 1.165) is 18.4 Å². The Kier molecular flexibility index (Phi) is 7.96. The second-order valence-corrected chi connectivity index (χ2v) is 5.11. The van der Waals surface area contributed by atoms with Crippen molar-refractivity contribution in [3.05, 3.63) is 39.9 Å². The SMILES string of the molecule is CCCCOC(=O)CCC(Cc1cccc(OC)c1)[N+](=O)[O-]. The van der Waals surface area contributed by atoms with Gasteiger partial charge in [-0.05, 0) is 24.1 Å². The maximum atomic E-state index is 11.5. The topological polar surface area (TPSA) is 78.7 Å². The van der Waals surface area contributed by atoms with Crippen LogP contribution >= 0.6 is 0 Å². The molecule has 0 N–H and O–H groups in total. The van der Waals surface area contributed by atoms with E-state index in [0.29, 0.717) is 12.4 Å². The molecule has 0 saturated carbocycles. The highest BCUT2D eigenvalue weighted by molar-refractivity contribution is 5.69. The van der Waals surface area contributed by atoms with Gasteiger partial charge in [0.25, 0.3) is 0 Å².